The van der Waals surface area contributed by atoms with Gasteiger partial charge in [-0.2, -0.15) is 4.21 Å². The molecule has 7 heteroatoms. The molecular weight excluding hydrogens is 231 g/mol. The fraction of sp³-hybridized carbons (Fsp3) is 0.750. The number of carbonyl (C=O) groups excluding carboxylic acids is 2. The number of hydrogen-bond acceptors (Lipinski definition) is 5. The van der Waals surface area contributed by atoms with E-state index in [1.165, 1.54) is 0 Å². The molecule has 0 aromatic heterocycles. The van der Waals surface area contributed by atoms with Crippen LogP contribution in [0.4, 0.5) is 0 Å². The smallest absolute Gasteiger partial charge is 1.00 e. The molecule has 0 heterocycles. The largest absolute Gasteiger partial charge is 1.00 e. The number of rotatable bonds is 8. The van der Waals surface area contributed by atoms with E-state index in [0.29, 0.717) is 12.7 Å². The van der Waals surface area contributed by atoms with Crippen molar-refractivity contribution in [1.29, 1.82) is 0 Å². The second kappa shape index (κ2) is 12.3. The van der Waals surface area contributed by atoms with Crippen LogP contribution in [0.2, 0.25) is 0 Å². The zero-order chi connectivity index (χ0) is 10.8. The number of carbonyl (C=O) groups is 2. The molecule has 0 fully saturated rings. The number of hydrogen-bond donors (Lipinski definition) is 0. The maximum Gasteiger partial charge on any atom is 1.00 e. The van der Waals surface area contributed by atoms with Crippen LogP contribution in [0.5, 0.6) is 0 Å². The van der Waals surface area contributed by atoms with Crippen LogP contribution in [-0.2, 0) is 29.3 Å². The van der Waals surface area contributed by atoms with Gasteiger partial charge in [-0.05, 0) is 6.42 Å². The van der Waals surface area contributed by atoms with Crippen LogP contribution in [0, 0.1) is 0 Å². The molecule has 84 valence electrons. The maximum absolute atomic E-state index is 10.9. The molecule has 0 radical (unpaired) electrons. The van der Waals surface area contributed by atoms with E-state index in [4.69, 9.17) is 0 Å². The van der Waals surface area contributed by atoms with Crippen LogP contribution in [-0.4, -0.2) is 23.1 Å². The van der Waals surface area contributed by atoms with Crippen molar-refractivity contribution in [3.63, 3.8) is 0 Å². The average molecular weight is 246 g/mol. The summed E-state index contributed by atoms with van der Waals surface area (Å²) in [5, 5.41) is 0. The van der Waals surface area contributed by atoms with Crippen molar-refractivity contribution in [3.05, 3.63) is 0 Å². The summed E-state index contributed by atoms with van der Waals surface area (Å²) in [5.74, 6) is -0.567. The van der Waals surface area contributed by atoms with Crippen LogP contribution in [0.3, 0.4) is 0 Å². The molecule has 0 aromatic rings. The molecule has 0 aliphatic rings. The van der Waals surface area contributed by atoms with Crippen molar-refractivity contribution in [2.75, 3.05) is 6.61 Å². The Hall–Kier alpha value is 0.250. The molecule has 1 unspecified atom stereocenters. The van der Waals surface area contributed by atoms with Gasteiger partial charge >= 0.3 is 46.9 Å². The zero-order valence-electron chi connectivity index (χ0n) is 10.1. The molecule has 0 spiro atoms. The van der Waals surface area contributed by atoms with Crippen LogP contribution in [0.25, 0.3) is 0 Å². The average Bonchev–Trinajstić information content (AvgIpc) is 2.15. The number of unbranched alkanes of at least 4 members (excludes halogenated alkanes) is 2. The Bertz CT molecular complexity index is 215. The Morgan fingerprint density at radius 1 is 1.47 bits per heavy atom. The summed E-state index contributed by atoms with van der Waals surface area (Å²) in [5.41, 5.74) is 0. The topological polar surface area (TPSA) is 69.7 Å². The molecule has 0 aliphatic heterocycles. The fourth-order valence-electron chi connectivity index (χ4n) is 0.744. The van der Waals surface area contributed by atoms with E-state index in [2.05, 4.69) is 8.37 Å². The molecule has 1 atom stereocenters. The molecular formula is C8H15NaO5S. The summed E-state index contributed by atoms with van der Waals surface area (Å²) in [7, 11) is 0. The molecule has 0 N–H and O–H groups in total. The van der Waals surface area contributed by atoms with Gasteiger partial charge in [-0.3, -0.25) is 8.98 Å². The van der Waals surface area contributed by atoms with E-state index in [9.17, 15) is 13.8 Å². The van der Waals surface area contributed by atoms with Crippen molar-refractivity contribution >= 4 is 23.6 Å². The quantitative estimate of drug-likeness (QED) is 0.282. The van der Waals surface area contributed by atoms with Gasteiger partial charge in [-0.15, -0.1) is 0 Å². The van der Waals surface area contributed by atoms with E-state index >= 15 is 0 Å². The van der Waals surface area contributed by atoms with E-state index in [0.717, 1.165) is 12.8 Å². The molecule has 0 saturated carbocycles. The summed E-state index contributed by atoms with van der Waals surface area (Å²) < 4.78 is 19.4. The molecule has 0 amide bonds. The van der Waals surface area contributed by atoms with Gasteiger partial charge in [0.15, 0.2) is 0 Å². The number of aldehydes is 1. The van der Waals surface area contributed by atoms with Gasteiger partial charge in [0, 0.05) is 6.42 Å². The first-order chi connectivity index (χ1) is 6.70. The third kappa shape index (κ3) is 12.2. The SMILES string of the molecule is CCCCCC(=O)OS(=O)OCC=O.[H-].[Na+]. The second-order valence-electron chi connectivity index (χ2n) is 2.57. The Labute approximate surface area is 116 Å². The minimum Gasteiger partial charge on any atom is -1.00 e. The maximum atomic E-state index is 10.9. The van der Waals surface area contributed by atoms with Gasteiger partial charge in [-0.1, -0.05) is 19.8 Å². The Morgan fingerprint density at radius 3 is 2.67 bits per heavy atom. The van der Waals surface area contributed by atoms with Crippen LogP contribution >= 0.6 is 0 Å². The molecule has 0 saturated heterocycles. The van der Waals surface area contributed by atoms with E-state index in [-0.39, 0.29) is 44.0 Å². The van der Waals surface area contributed by atoms with Gasteiger partial charge in [-0.25, -0.2) is 0 Å². The van der Waals surface area contributed by atoms with Gasteiger partial charge in [0.2, 0.25) is 0 Å². The molecule has 0 aromatic carbocycles. The minimum absolute atomic E-state index is 0. The van der Waals surface area contributed by atoms with E-state index < -0.39 is 17.3 Å². The van der Waals surface area contributed by atoms with Crippen molar-refractivity contribution in [2.45, 2.75) is 32.6 Å². The summed E-state index contributed by atoms with van der Waals surface area (Å²) in [4.78, 5) is 20.7. The van der Waals surface area contributed by atoms with Crippen molar-refractivity contribution in [1.82, 2.24) is 0 Å². The van der Waals surface area contributed by atoms with E-state index in [1.807, 2.05) is 6.92 Å². The predicted molar refractivity (Wildman–Crippen MR) is 51.5 cm³/mol. The van der Waals surface area contributed by atoms with E-state index in [1.54, 1.807) is 0 Å². The normalized spacial score (nSPS) is 11.3. The Kier molecular flexibility index (Phi) is 14.5. The predicted octanol–water partition coefficient (Wildman–Crippen LogP) is -1.98. The Morgan fingerprint density at radius 2 is 2.13 bits per heavy atom. The van der Waals surface area contributed by atoms with Gasteiger partial charge in [0.1, 0.15) is 12.9 Å². The summed E-state index contributed by atoms with van der Waals surface area (Å²) >= 11 is -2.14. The standard InChI is InChI=1S/C8H14O5S.Na.H/c1-2-3-4-5-8(10)13-14(11)12-7-6-9;;/h6H,2-5,7H2,1H3;;/q;+1;-1. The minimum atomic E-state index is -2.14. The first-order valence-electron chi connectivity index (χ1n) is 4.40. The van der Waals surface area contributed by atoms with Gasteiger partial charge < -0.3 is 10.4 Å². The van der Waals surface area contributed by atoms with Crippen molar-refractivity contribution in [3.8, 4) is 0 Å². The molecule has 0 bridgehead atoms. The first kappa shape index (κ1) is 17.6. The molecule has 0 rings (SSSR count). The third-order valence-electron chi connectivity index (χ3n) is 1.38. The molecule has 15 heavy (non-hydrogen) atoms. The van der Waals surface area contributed by atoms with Crippen LogP contribution < -0.4 is 29.6 Å². The third-order valence-corrected chi connectivity index (χ3v) is 2.03. The Balaban J connectivity index is -0.000000845. The summed E-state index contributed by atoms with van der Waals surface area (Å²) in [6.07, 6.45) is 3.29. The van der Waals surface area contributed by atoms with Gasteiger partial charge in [0.25, 0.3) is 0 Å². The molecule has 5 nitrogen and oxygen atoms in total. The first-order valence-corrected chi connectivity index (χ1v) is 5.40. The second-order valence-corrected chi connectivity index (χ2v) is 3.38. The van der Waals surface area contributed by atoms with Crippen LogP contribution in [0.1, 0.15) is 34.0 Å². The fourth-order valence-corrected chi connectivity index (χ4v) is 1.19. The van der Waals surface area contributed by atoms with Crippen LogP contribution in [0.15, 0.2) is 0 Å². The van der Waals surface area contributed by atoms with Crippen molar-refractivity contribution in [2.24, 2.45) is 0 Å². The monoisotopic (exact) mass is 246 g/mol. The van der Waals surface area contributed by atoms with Crippen molar-refractivity contribution < 1.29 is 53.1 Å². The molecule has 0 aliphatic carbocycles. The summed E-state index contributed by atoms with van der Waals surface area (Å²) in [6.45, 7) is 1.67. The van der Waals surface area contributed by atoms with Gasteiger partial charge in [0.05, 0.1) is 0 Å². The zero-order valence-corrected chi connectivity index (χ0v) is 11.9. The summed E-state index contributed by atoms with van der Waals surface area (Å²) in [6, 6.07) is 0.